The number of hydrazone groups is 1. The monoisotopic (exact) mass is 516 g/mol. The molecule has 0 aromatic heterocycles. The van der Waals surface area contributed by atoms with Gasteiger partial charge in [-0.3, -0.25) is 14.4 Å². The zero-order valence-electron chi connectivity index (χ0n) is 18.1. The lowest BCUT2D eigenvalue weighted by Gasteiger charge is -2.11. The molecule has 33 heavy (non-hydrogen) atoms. The van der Waals surface area contributed by atoms with E-state index in [1.54, 1.807) is 24.3 Å². The van der Waals surface area contributed by atoms with Crippen LogP contribution in [0, 0.1) is 6.92 Å². The molecule has 1 heterocycles. The van der Waals surface area contributed by atoms with E-state index in [1.807, 2.05) is 25.1 Å². The van der Waals surface area contributed by atoms with Crippen LogP contribution in [0.25, 0.3) is 0 Å². The van der Waals surface area contributed by atoms with Crippen LogP contribution in [0.4, 0.5) is 5.69 Å². The molecule has 0 saturated carbocycles. The Morgan fingerprint density at radius 1 is 1.21 bits per heavy atom. The lowest BCUT2D eigenvalue weighted by atomic mass is 10.2. The summed E-state index contributed by atoms with van der Waals surface area (Å²) < 4.78 is 11.8. The van der Waals surface area contributed by atoms with Gasteiger partial charge >= 0.3 is 11.8 Å². The van der Waals surface area contributed by atoms with E-state index in [-0.39, 0.29) is 25.2 Å². The molecular formula is C23H25BrN4O5. The molecule has 1 saturated heterocycles. The maximum Gasteiger partial charge on any atom is 0.329 e. The van der Waals surface area contributed by atoms with E-state index in [0.717, 1.165) is 22.9 Å². The van der Waals surface area contributed by atoms with Crippen molar-refractivity contribution in [2.45, 2.75) is 25.9 Å². The molecule has 3 amide bonds. The molecule has 0 radical (unpaired) electrons. The van der Waals surface area contributed by atoms with Crippen LogP contribution in [0.5, 0.6) is 5.75 Å². The van der Waals surface area contributed by atoms with Gasteiger partial charge in [0.15, 0.2) is 6.61 Å². The van der Waals surface area contributed by atoms with E-state index in [1.165, 1.54) is 6.21 Å². The van der Waals surface area contributed by atoms with E-state index in [2.05, 4.69) is 37.1 Å². The number of carbonyl (C=O) groups excluding carboxylic acids is 3. The number of rotatable bonds is 8. The number of anilines is 1. The number of amides is 3. The summed E-state index contributed by atoms with van der Waals surface area (Å²) >= 11 is 3.36. The van der Waals surface area contributed by atoms with Gasteiger partial charge in [-0.25, -0.2) is 5.43 Å². The van der Waals surface area contributed by atoms with Crippen molar-refractivity contribution < 1.29 is 23.9 Å². The fraction of sp³-hybridized carbons (Fsp3) is 0.304. The minimum atomic E-state index is -0.890. The molecule has 0 aliphatic carbocycles. The van der Waals surface area contributed by atoms with Crippen LogP contribution in [0.3, 0.4) is 0 Å². The Labute approximate surface area is 200 Å². The molecule has 174 valence electrons. The van der Waals surface area contributed by atoms with Crippen molar-refractivity contribution in [2.75, 3.05) is 25.1 Å². The Hall–Kier alpha value is -3.24. The van der Waals surface area contributed by atoms with E-state index in [9.17, 15) is 14.4 Å². The first kappa shape index (κ1) is 24.4. The number of hydrogen-bond acceptors (Lipinski definition) is 6. The smallest absolute Gasteiger partial charge is 0.329 e. The molecule has 2 aromatic carbocycles. The maximum atomic E-state index is 12.2. The Balaban J connectivity index is 1.51. The highest BCUT2D eigenvalue weighted by Crippen LogP contribution is 2.22. The van der Waals surface area contributed by atoms with Gasteiger partial charge in [0.2, 0.25) is 0 Å². The van der Waals surface area contributed by atoms with Gasteiger partial charge in [-0.2, -0.15) is 5.10 Å². The van der Waals surface area contributed by atoms with Crippen molar-refractivity contribution in [3.05, 3.63) is 58.1 Å². The molecule has 9 nitrogen and oxygen atoms in total. The first-order chi connectivity index (χ1) is 15.9. The number of nitrogens with zero attached hydrogens (tertiary/aromatic N) is 1. The topological polar surface area (TPSA) is 118 Å². The SMILES string of the molecule is Cc1cccc(NC(=O)COc2ccc(Br)cc2/C=N\NC(=O)C(=O)NC[C@@H]2CCCO2)c1. The molecule has 0 bridgehead atoms. The summed E-state index contributed by atoms with van der Waals surface area (Å²) in [6.45, 7) is 2.67. The van der Waals surface area contributed by atoms with Crippen molar-refractivity contribution in [2.24, 2.45) is 5.10 Å². The predicted octanol–water partition coefficient (Wildman–Crippen LogP) is 2.52. The Morgan fingerprint density at radius 2 is 2.06 bits per heavy atom. The summed E-state index contributed by atoms with van der Waals surface area (Å²) in [7, 11) is 0. The van der Waals surface area contributed by atoms with Crippen molar-refractivity contribution in [1.82, 2.24) is 10.7 Å². The minimum Gasteiger partial charge on any atom is -0.483 e. The van der Waals surface area contributed by atoms with Crippen LogP contribution >= 0.6 is 15.9 Å². The fourth-order valence-corrected chi connectivity index (χ4v) is 3.50. The lowest BCUT2D eigenvalue weighted by molar-refractivity contribution is -0.139. The standard InChI is InChI=1S/C23H25BrN4O5/c1-15-4-2-5-18(10-15)27-21(29)14-33-20-8-7-17(24)11-16(20)12-26-28-23(31)22(30)25-13-19-6-3-9-32-19/h2,4-5,7-8,10-12,19H,3,6,9,13-14H2,1H3,(H,25,30)(H,27,29)(H,28,31)/b26-12-/t19-/m0/s1. The summed E-state index contributed by atoms with van der Waals surface area (Å²) in [5.41, 5.74) is 4.40. The highest BCUT2D eigenvalue weighted by molar-refractivity contribution is 9.10. The summed E-state index contributed by atoms with van der Waals surface area (Å²) in [5, 5.41) is 9.12. The quantitative estimate of drug-likeness (QED) is 0.283. The average Bonchev–Trinajstić information content (AvgIpc) is 3.30. The normalized spacial score (nSPS) is 15.3. The second-order valence-corrected chi connectivity index (χ2v) is 8.35. The van der Waals surface area contributed by atoms with Gasteiger partial charge in [-0.05, 0) is 55.7 Å². The van der Waals surface area contributed by atoms with Crippen molar-refractivity contribution >= 4 is 45.6 Å². The van der Waals surface area contributed by atoms with Gasteiger partial charge in [0, 0.05) is 28.9 Å². The van der Waals surface area contributed by atoms with E-state index in [0.29, 0.717) is 23.6 Å². The fourth-order valence-electron chi connectivity index (χ4n) is 3.12. The number of ether oxygens (including phenoxy) is 2. The summed E-state index contributed by atoms with van der Waals surface area (Å²) in [6, 6.07) is 12.6. The van der Waals surface area contributed by atoms with E-state index >= 15 is 0 Å². The largest absolute Gasteiger partial charge is 0.483 e. The lowest BCUT2D eigenvalue weighted by Crippen LogP contribution is -2.41. The van der Waals surface area contributed by atoms with Crippen LogP contribution in [0.2, 0.25) is 0 Å². The molecular weight excluding hydrogens is 492 g/mol. The van der Waals surface area contributed by atoms with Gasteiger partial charge in [0.1, 0.15) is 5.75 Å². The van der Waals surface area contributed by atoms with Gasteiger partial charge < -0.3 is 20.1 Å². The van der Waals surface area contributed by atoms with Gasteiger partial charge in [0.25, 0.3) is 5.91 Å². The van der Waals surface area contributed by atoms with Gasteiger partial charge in [-0.1, -0.05) is 28.1 Å². The van der Waals surface area contributed by atoms with Crippen LogP contribution in [0.15, 0.2) is 52.0 Å². The van der Waals surface area contributed by atoms with Crippen molar-refractivity contribution in [3.8, 4) is 5.75 Å². The highest BCUT2D eigenvalue weighted by Gasteiger charge is 2.19. The second-order valence-electron chi connectivity index (χ2n) is 7.43. The number of benzene rings is 2. The van der Waals surface area contributed by atoms with Crippen LogP contribution in [0.1, 0.15) is 24.0 Å². The first-order valence-electron chi connectivity index (χ1n) is 10.4. The Kier molecular flexibility index (Phi) is 8.96. The van der Waals surface area contributed by atoms with Gasteiger partial charge in [0.05, 0.1) is 12.3 Å². The Bertz CT molecular complexity index is 1040. The maximum absolute atomic E-state index is 12.2. The minimum absolute atomic E-state index is 0.0604. The van der Waals surface area contributed by atoms with Gasteiger partial charge in [-0.15, -0.1) is 0 Å². The average molecular weight is 517 g/mol. The van der Waals surface area contributed by atoms with E-state index in [4.69, 9.17) is 9.47 Å². The molecule has 1 atom stereocenters. The molecule has 1 aliphatic rings. The third-order valence-electron chi connectivity index (χ3n) is 4.72. The first-order valence-corrected chi connectivity index (χ1v) is 11.2. The molecule has 0 unspecified atom stereocenters. The molecule has 2 aromatic rings. The van der Waals surface area contributed by atoms with Crippen molar-refractivity contribution in [3.63, 3.8) is 0 Å². The number of halogens is 1. The van der Waals surface area contributed by atoms with Crippen molar-refractivity contribution in [1.29, 1.82) is 0 Å². The molecule has 3 rings (SSSR count). The number of carbonyl (C=O) groups is 3. The third kappa shape index (κ3) is 7.99. The molecule has 1 aliphatic heterocycles. The zero-order chi connectivity index (χ0) is 23.6. The molecule has 0 spiro atoms. The summed E-state index contributed by atoms with van der Waals surface area (Å²) in [4.78, 5) is 36.0. The molecule has 10 heteroatoms. The predicted molar refractivity (Wildman–Crippen MR) is 127 cm³/mol. The van der Waals surface area contributed by atoms with Crippen LogP contribution in [-0.4, -0.2) is 49.8 Å². The number of hydrogen-bond donors (Lipinski definition) is 3. The van der Waals surface area contributed by atoms with Crippen LogP contribution < -0.4 is 20.8 Å². The Morgan fingerprint density at radius 3 is 2.82 bits per heavy atom. The highest BCUT2D eigenvalue weighted by atomic mass is 79.9. The molecule has 3 N–H and O–H groups in total. The third-order valence-corrected chi connectivity index (χ3v) is 5.22. The van der Waals surface area contributed by atoms with Crippen LogP contribution in [-0.2, 0) is 19.1 Å². The second kappa shape index (κ2) is 12.1. The number of nitrogens with one attached hydrogen (secondary N) is 3. The molecule has 1 fully saturated rings. The summed E-state index contributed by atoms with van der Waals surface area (Å²) in [5.74, 6) is -1.61. The zero-order valence-corrected chi connectivity index (χ0v) is 19.7. The number of aryl methyl sites for hydroxylation is 1. The summed E-state index contributed by atoms with van der Waals surface area (Å²) in [6.07, 6.45) is 3.08. The van der Waals surface area contributed by atoms with E-state index < -0.39 is 11.8 Å².